The first-order valence-electron chi connectivity index (χ1n) is 11.2. The molecule has 176 valence electrons. The summed E-state index contributed by atoms with van der Waals surface area (Å²) in [7, 11) is 1.61. The van der Waals surface area contributed by atoms with Crippen LogP contribution in [0, 0.1) is 5.41 Å². The van der Waals surface area contributed by atoms with Gasteiger partial charge >= 0.3 is 12.1 Å². The maximum Gasteiger partial charge on any atom is 0.407 e. The van der Waals surface area contributed by atoms with Gasteiger partial charge in [0.05, 0.1) is 0 Å². The van der Waals surface area contributed by atoms with Gasteiger partial charge < -0.3 is 20.1 Å². The van der Waals surface area contributed by atoms with Gasteiger partial charge in [0.15, 0.2) is 0 Å². The number of rotatable bonds is 8. The summed E-state index contributed by atoms with van der Waals surface area (Å²) in [5.74, 6) is -1.24. The van der Waals surface area contributed by atoms with Crippen LogP contribution in [0.5, 0.6) is 0 Å². The molecule has 2 aromatic carbocycles. The minimum atomic E-state index is -0.903. The fourth-order valence-electron chi connectivity index (χ4n) is 4.20. The van der Waals surface area contributed by atoms with E-state index >= 15 is 0 Å². The number of ether oxygens (including phenoxy) is 1. The van der Waals surface area contributed by atoms with E-state index in [9.17, 15) is 14.4 Å². The molecule has 0 saturated carbocycles. The monoisotopic (exact) mass is 452 g/mol. The lowest BCUT2D eigenvalue weighted by molar-refractivity contribution is -0.138. The molecule has 3 rings (SSSR count). The normalized spacial score (nSPS) is 13.6. The Hall–Kier alpha value is -3.35. The maximum absolute atomic E-state index is 13.0. The number of hydrogen-bond acceptors (Lipinski definition) is 4. The molecule has 0 unspecified atom stereocenters. The summed E-state index contributed by atoms with van der Waals surface area (Å²) < 4.78 is 5.61. The molecule has 2 N–H and O–H groups in total. The van der Waals surface area contributed by atoms with Crippen LogP contribution in [0.3, 0.4) is 0 Å². The van der Waals surface area contributed by atoms with Crippen LogP contribution in [0.25, 0.3) is 11.1 Å². The lowest BCUT2D eigenvalue weighted by Gasteiger charge is -2.33. The third-order valence-electron chi connectivity index (χ3n) is 5.98. The number of likely N-dealkylation sites (N-methyl/N-ethyl adjacent to an activating group) is 1. The van der Waals surface area contributed by atoms with Gasteiger partial charge in [-0.15, -0.1) is 0 Å². The summed E-state index contributed by atoms with van der Waals surface area (Å²) in [4.78, 5) is 37.9. The van der Waals surface area contributed by atoms with Crippen molar-refractivity contribution >= 4 is 18.0 Å². The van der Waals surface area contributed by atoms with Crippen LogP contribution >= 0.6 is 0 Å². The van der Waals surface area contributed by atoms with E-state index in [0.717, 1.165) is 22.3 Å². The standard InChI is InChI=1S/C26H32N2O5/c1-26(2,3)23(24(31)28(4)15-9-14-22(29)30)27-25(32)33-16-21-19-12-7-5-10-17(19)18-11-6-8-13-20(18)21/h5-8,10-13,21,23H,9,14-16H2,1-4H3,(H,27,32)(H,29,30)/t23-/m0/s1. The number of aliphatic carboxylic acids is 1. The summed E-state index contributed by atoms with van der Waals surface area (Å²) in [6.45, 7) is 6.06. The fourth-order valence-corrected chi connectivity index (χ4v) is 4.20. The third-order valence-corrected chi connectivity index (χ3v) is 5.98. The van der Waals surface area contributed by atoms with Gasteiger partial charge in [-0.1, -0.05) is 69.3 Å². The molecule has 0 aliphatic heterocycles. The van der Waals surface area contributed by atoms with Crippen LogP contribution in [0.15, 0.2) is 48.5 Å². The number of nitrogens with one attached hydrogen (secondary N) is 1. The maximum atomic E-state index is 13.0. The Bertz CT molecular complexity index is 982. The second-order valence-electron chi connectivity index (χ2n) is 9.53. The van der Waals surface area contributed by atoms with Crippen molar-refractivity contribution in [2.45, 2.75) is 45.6 Å². The van der Waals surface area contributed by atoms with Crippen LogP contribution in [0.4, 0.5) is 4.79 Å². The Labute approximate surface area is 194 Å². The van der Waals surface area contributed by atoms with Crippen molar-refractivity contribution in [3.63, 3.8) is 0 Å². The first-order chi connectivity index (χ1) is 15.6. The summed E-state index contributed by atoms with van der Waals surface area (Å²) in [6, 6.07) is 15.4. The SMILES string of the molecule is CN(CCCC(=O)O)C(=O)[C@H](NC(=O)OCC1c2ccccc2-c2ccccc21)C(C)(C)C. The fraction of sp³-hybridized carbons (Fsp3) is 0.423. The molecule has 0 heterocycles. The zero-order chi connectivity index (χ0) is 24.2. The molecule has 7 nitrogen and oxygen atoms in total. The molecule has 0 aromatic heterocycles. The highest BCUT2D eigenvalue weighted by Gasteiger charge is 2.36. The number of carbonyl (C=O) groups excluding carboxylic acids is 2. The van der Waals surface area contributed by atoms with Crippen molar-refractivity contribution in [3.8, 4) is 11.1 Å². The van der Waals surface area contributed by atoms with Gasteiger partial charge in [0.1, 0.15) is 12.6 Å². The number of carboxylic acids is 1. The average molecular weight is 453 g/mol. The number of carbonyl (C=O) groups is 3. The number of fused-ring (bicyclic) bond motifs is 3. The van der Waals surface area contributed by atoms with Gasteiger partial charge in [0, 0.05) is 25.9 Å². The predicted molar refractivity (Wildman–Crippen MR) is 126 cm³/mol. The van der Waals surface area contributed by atoms with Crippen LogP contribution in [-0.4, -0.2) is 54.2 Å². The van der Waals surface area contributed by atoms with Gasteiger partial charge in [0.2, 0.25) is 5.91 Å². The van der Waals surface area contributed by atoms with Crippen molar-refractivity contribution in [1.29, 1.82) is 0 Å². The Balaban J connectivity index is 1.66. The van der Waals surface area contributed by atoms with Crippen molar-refractivity contribution in [2.24, 2.45) is 5.41 Å². The van der Waals surface area contributed by atoms with E-state index in [2.05, 4.69) is 29.6 Å². The molecule has 0 radical (unpaired) electrons. The second-order valence-corrected chi connectivity index (χ2v) is 9.53. The third kappa shape index (κ3) is 5.72. The van der Waals surface area contributed by atoms with Crippen molar-refractivity contribution < 1.29 is 24.2 Å². The van der Waals surface area contributed by atoms with E-state index < -0.39 is 23.5 Å². The largest absolute Gasteiger partial charge is 0.481 e. The van der Waals surface area contributed by atoms with Gasteiger partial charge in [0.25, 0.3) is 0 Å². The number of alkyl carbamates (subject to hydrolysis) is 1. The van der Waals surface area contributed by atoms with Crippen LogP contribution in [-0.2, 0) is 14.3 Å². The molecule has 0 saturated heterocycles. The molecule has 0 bridgehead atoms. The van der Waals surface area contributed by atoms with Crippen molar-refractivity contribution in [3.05, 3.63) is 59.7 Å². The molecule has 2 amide bonds. The van der Waals surface area contributed by atoms with Crippen LogP contribution in [0.2, 0.25) is 0 Å². The number of nitrogens with zero attached hydrogens (tertiary/aromatic N) is 1. The topological polar surface area (TPSA) is 95.9 Å². The quantitative estimate of drug-likeness (QED) is 0.624. The van der Waals surface area contributed by atoms with E-state index in [0.29, 0.717) is 13.0 Å². The Morgan fingerprint density at radius 3 is 2.09 bits per heavy atom. The zero-order valence-electron chi connectivity index (χ0n) is 19.6. The van der Waals surface area contributed by atoms with Crippen LogP contribution < -0.4 is 5.32 Å². The highest BCUT2D eigenvalue weighted by atomic mass is 16.5. The van der Waals surface area contributed by atoms with Gasteiger partial charge in [-0.2, -0.15) is 0 Å². The molecule has 1 aliphatic carbocycles. The minimum Gasteiger partial charge on any atom is -0.481 e. The Morgan fingerprint density at radius 2 is 1.58 bits per heavy atom. The average Bonchev–Trinajstić information content (AvgIpc) is 3.08. The molecule has 7 heteroatoms. The molecule has 2 aromatic rings. The highest BCUT2D eigenvalue weighted by Crippen LogP contribution is 2.44. The van der Waals surface area contributed by atoms with Crippen LogP contribution in [0.1, 0.15) is 50.7 Å². The molecular weight excluding hydrogens is 420 g/mol. The first kappa shape index (κ1) is 24.3. The summed E-state index contributed by atoms with van der Waals surface area (Å²) >= 11 is 0. The summed E-state index contributed by atoms with van der Waals surface area (Å²) in [6.07, 6.45) is -0.319. The second kappa shape index (κ2) is 10.1. The Morgan fingerprint density at radius 1 is 1.03 bits per heavy atom. The molecule has 33 heavy (non-hydrogen) atoms. The predicted octanol–water partition coefficient (Wildman–Crippen LogP) is 4.26. The van der Waals surface area contributed by atoms with Gasteiger partial charge in [-0.3, -0.25) is 9.59 Å². The van der Waals surface area contributed by atoms with E-state index in [1.165, 1.54) is 4.90 Å². The smallest absolute Gasteiger partial charge is 0.407 e. The van der Waals surface area contributed by atoms with E-state index in [-0.39, 0.29) is 24.9 Å². The molecule has 0 spiro atoms. The number of amides is 2. The first-order valence-corrected chi connectivity index (χ1v) is 11.2. The Kier molecular flexibility index (Phi) is 7.41. The minimum absolute atomic E-state index is 0.0163. The molecule has 1 atom stereocenters. The lowest BCUT2D eigenvalue weighted by Crippen LogP contribution is -2.54. The van der Waals surface area contributed by atoms with E-state index in [4.69, 9.17) is 9.84 Å². The van der Waals surface area contributed by atoms with Crippen molar-refractivity contribution in [2.75, 3.05) is 20.2 Å². The van der Waals surface area contributed by atoms with E-state index in [1.807, 2.05) is 45.0 Å². The van der Waals surface area contributed by atoms with Crippen molar-refractivity contribution in [1.82, 2.24) is 10.2 Å². The molecule has 1 aliphatic rings. The number of benzene rings is 2. The zero-order valence-corrected chi connectivity index (χ0v) is 19.6. The van der Waals surface area contributed by atoms with Gasteiger partial charge in [-0.05, 0) is 34.1 Å². The number of carboxylic acid groups (broad SMARTS) is 1. The van der Waals surface area contributed by atoms with Gasteiger partial charge in [-0.25, -0.2) is 4.79 Å². The molecule has 0 fully saturated rings. The lowest BCUT2D eigenvalue weighted by atomic mass is 9.86. The van der Waals surface area contributed by atoms with E-state index in [1.54, 1.807) is 7.05 Å². The summed E-state index contributed by atoms with van der Waals surface area (Å²) in [5, 5.41) is 11.6. The number of hydrogen-bond donors (Lipinski definition) is 2. The highest BCUT2D eigenvalue weighted by molar-refractivity contribution is 5.86. The molecular formula is C26H32N2O5. The summed E-state index contributed by atoms with van der Waals surface area (Å²) in [5.41, 5.74) is 3.98.